The molecule has 0 atom stereocenters. The van der Waals surface area contributed by atoms with E-state index in [2.05, 4.69) is 242 Å². The topological polar surface area (TPSA) is 21.3 Å². The Morgan fingerprint density at radius 2 is 1.03 bits per heavy atom. The quantitative estimate of drug-likeness (QED) is 0.167. The van der Waals surface area contributed by atoms with Crippen LogP contribution in [0, 0.1) is 0 Å². The summed E-state index contributed by atoms with van der Waals surface area (Å²) >= 11 is 0. The van der Waals surface area contributed by atoms with Crippen LogP contribution in [0.2, 0.25) is 0 Å². The van der Waals surface area contributed by atoms with Gasteiger partial charge in [-0.25, -0.2) is 0 Å². The fraction of sp³-hybridized carbons (Fsp3) is 0.0492. The first-order valence-electron chi connectivity index (χ1n) is 22.2. The first-order valence-corrected chi connectivity index (χ1v) is 22.2. The van der Waals surface area contributed by atoms with E-state index in [9.17, 15) is 0 Å². The molecule has 0 fully saturated rings. The summed E-state index contributed by atoms with van der Waals surface area (Å²) in [6.07, 6.45) is 0. The summed E-state index contributed by atoms with van der Waals surface area (Å²) in [5, 5.41) is 7.07. The highest BCUT2D eigenvalue weighted by molar-refractivity contribution is 6.12. The Morgan fingerprint density at radius 1 is 0.406 bits per heavy atom. The largest absolute Gasteiger partial charge is 0.455 e. The second-order valence-corrected chi connectivity index (χ2v) is 17.7. The van der Waals surface area contributed by atoms with Gasteiger partial charge in [0.25, 0.3) is 0 Å². The number of aromatic nitrogens is 1. The maximum absolute atomic E-state index is 6.82. The molecule has 12 aromatic rings. The normalized spacial score (nSPS) is 13.0. The molecule has 3 heteroatoms. The Labute approximate surface area is 371 Å². The highest BCUT2D eigenvalue weighted by Gasteiger charge is 2.35. The molecule has 1 aliphatic rings. The number of furan rings is 1. The summed E-state index contributed by atoms with van der Waals surface area (Å²) < 4.78 is 9.19. The predicted molar refractivity (Wildman–Crippen MR) is 269 cm³/mol. The fourth-order valence-electron chi connectivity index (χ4n) is 10.7. The lowest BCUT2D eigenvalue weighted by Crippen LogP contribution is -2.15. The van der Waals surface area contributed by atoms with Crippen LogP contribution in [0.3, 0.4) is 0 Å². The van der Waals surface area contributed by atoms with Gasteiger partial charge in [-0.15, -0.1) is 0 Å². The van der Waals surface area contributed by atoms with Crippen LogP contribution >= 0.6 is 0 Å². The minimum atomic E-state index is -0.117. The van der Waals surface area contributed by atoms with Gasteiger partial charge in [-0.1, -0.05) is 166 Å². The molecule has 0 N–H and O–H groups in total. The highest BCUT2D eigenvalue weighted by atomic mass is 16.3. The molecule has 0 saturated heterocycles. The predicted octanol–water partition coefficient (Wildman–Crippen LogP) is 16.9. The zero-order chi connectivity index (χ0) is 42.5. The molecule has 2 aromatic heterocycles. The van der Waals surface area contributed by atoms with Crippen molar-refractivity contribution in [1.29, 1.82) is 0 Å². The van der Waals surface area contributed by atoms with Crippen LogP contribution in [-0.2, 0) is 5.41 Å². The van der Waals surface area contributed by atoms with Crippen molar-refractivity contribution in [3.05, 3.63) is 230 Å². The van der Waals surface area contributed by atoms with Crippen molar-refractivity contribution >= 4 is 71.6 Å². The molecule has 1 aliphatic carbocycles. The maximum Gasteiger partial charge on any atom is 0.143 e. The van der Waals surface area contributed by atoms with E-state index in [1.165, 1.54) is 66.0 Å². The first kappa shape index (κ1) is 36.5. The molecule has 0 bridgehead atoms. The molecule has 13 rings (SSSR count). The number of benzene rings is 10. The lowest BCUT2D eigenvalue weighted by molar-refractivity contribution is 0.660. The van der Waals surface area contributed by atoms with Crippen molar-refractivity contribution < 1.29 is 4.42 Å². The van der Waals surface area contributed by atoms with Gasteiger partial charge in [-0.3, -0.25) is 0 Å². The van der Waals surface area contributed by atoms with Crippen LogP contribution in [0.5, 0.6) is 0 Å². The third-order valence-corrected chi connectivity index (χ3v) is 13.8. The van der Waals surface area contributed by atoms with Gasteiger partial charge < -0.3 is 13.9 Å². The zero-order valence-corrected chi connectivity index (χ0v) is 35.6. The molecule has 302 valence electrons. The monoisotopic (exact) mass is 818 g/mol. The third kappa shape index (κ3) is 5.47. The smallest absolute Gasteiger partial charge is 0.143 e. The molecular weight excluding hydrogens is 777 g/mol. The molecular formula is C61H42N2O. The minimum Gasteiger partial charge on any atom is -0.455 e. The van der Waals surface area contributed by atoms with Gasteiger partial charge in [-0.2, -0.15) is 0 Å². The molecule has 3 nitrogen and oxygen atoms in total. The minimum absolute atomic E-state index is 0.117. The van der Waals surface area contributed by atoms with Gasteiger partial charge in [0, 0.05) is 55.1 Å². The van der Waals surface area contributed by atoms with E-state index < -0.39 is 0 Å². The first-order chi connectivity index (χ1) is 31.5. The number of para-hydroxylation sites is 4. The van der Waals surface area contributed by atoms with Gasteiger partial charge in [0.1, 0.15) is 11.2 Å². The number of hydrogen-bond acceptors (Lipinski definition) is 2. The fourth-order valence-corrected chi connectivity index (χ4v) is 10.7. The van der Waals surface area contributed by atoms with Crippen molar-refractivity contribution in [3.63, 3.8) is 0 Å². The second-order valence-electron chi connectivity index (χ2n) is 17.7. The van der Waals surface area contributed by atoms with Crippen LogP contribution in [0.1, 0.15) is 25.0 Å². The average Bonchev–Trinajstić information content (AvgIpc) is 3.97. The van der Waals surface area contributed by atoms with E-state index in [1.807, 2.05) is 0 Å². The van der Waals surface area contributed by atoms with Crippen LogP contribution in [0.15, 0.2) is 223 Å². The van der Waals surface area contributed by atoms with E-state index in [4.69, 9.17) is 4.42 Å². The molecule has 0 amide bonds. The van der Waals surface area contributed by atoms with Crippen molar-refractivity contribution in [2.75, 3.05) is 4.90 Å². The summed E-state index contributed by atoms with van der Waals surface area (Å²) in [5.74, 6) is 0. The van der Waals surface area contributed by atoms with Gasteiger partial charge in [0.15, 0.2) is 0 Å². The summed E-state index contributed by atoms with van der Waals surface area (Å²) in [4.78, 5) is 2.45. The molecule has 0 spiro atoms. The van der Waals surface area contributed by atoms with E-state index in [-0.39, 0.29) is 5.41 Å². The van der Waals surface area contributed by atoms with E-state index >= 15 is 0 Å². The van der Waals surface area contributed by atoms with Crippen molar-refractivity contribution in [1.82, 2.24) is 4.57 Å². The Morgan fingerprint density at radius 3 is 1.83 bits per heavy atom. The highest BCUT2D eigenvalue weighted by Crippen LogP contribution is 2.51. The molecule has 10 aromatic carbocycles. The maximum atomic E-state index is 6.82. The Kier molecular flexibility index (Phi) is 7.95. The van der Waals surface area contributed by atoms with E-state index in [1.54, 1.807) is 0 Å². The molecule has 64 heavy (non-hydrogen) atoms. The molecule has 2 heterocycles. The molecule has 0 saturated carbocycles. The number of hydrogen-bond donors (Lipinski definition) is 0. The number of nitrogens with zero attached hydrogens (tertiary/aromatic N) is 2. The SMILES string of the molecule is CC1(C)c2ccccc2-c2ccc(-c3ccccc3N(c3ccc4ccccc4c3)c3cc(-c4ccc(-n5c6ccccc6c6ccccc65)cc4)c4oc5ccccc5c4c3)cc21. The van der Waals surface area contributed by atoms with E-state index in [0.29, 0.717) is 0 Å². The van der Waals surface area contributed by atoms with Crippen LogP contribution in [0.25, 0.3) is 93.6 Å². The number of rotatable bonds is 6. The number of anilines is 3. The summed E-state index contributed by atoms with van der Waals surface area (Å²) in [5.41, 5.74) is 18.2. The zero-order valence-electron chi connectivity index (χ0n) is 35.6. The summed E-state index contributed by atoms with van der Waals surface area (Å²) in [6, 6.07) is 79.7. The summed E-state index contributed by atoms with van der Waals surface area (Å²) in [6.45, 7) is 4.71. The number of fused-ring (bicyclic) bond motifs is 10. The van der Waals surface area contributed by atoms with Crippen molar-refractivity contribution in [2.45, 2.75) is 19.3 Å². The second kappa shape index (κ2) is 13.9. The van der Waals surface area contributed by atoms with Crippen LogP contribution < -0.4 is 4.90 Å². The lowest BCUT2D eigenvalue weighted by atomic mass is 9.81. The van der Waals surface area contributed by atoms with Gasteiger partial charge in [0.2, 0.25) is 0 Å². The lowest BCUT2D eigenvalue weighted by Gasteiger charge is -2.29. The molecule has 0 radical (unpaired) electrons. The standard InChI is InChI=1S/C61H42N2O/c1-61(2)54-22-10-5-18-47(54)48-34-30-42(36-55(48)61)46-17-6-11-23-56(46)62(44-33-27-39-15-3-4-16-41(39)35-44)45-37-52(60-53(38-45)51-21-9-14-26-59(51)64-60)40-28-31-43(32-29-40)63-57-24-12-7-19-49(57)50-20-8-13-25-58(50)63/h3-38H,1-2H3. The van der Waals surface area contributed by atoms with Crippen molar-refractivity contribution in [2.24, 2.45) is 0 Å². The molecule has 0 aliphatic heterocycles. The van der Waals surface area contributed by atoms with Crippen LogP contribution in [0.4, 0.5) is 17.1 Å². The Balaban J connectivity index is 1.03. The average molecular weight is 819 g/mol. The Hall–Kier alpha value is -8.14. The van der Waals surface area contributed by atoms with Crippen LogP contribution in [-0.4, -0.2) is 4.57 Å². The molecule has 0 unspecified atom stereocenters. The van der Waals surface area contributed by atoms with Gasteiger partial charge >= 0.3 is 0 Å². The van der Waals surface area contributed by atoms with Crippen molar-refractivity contribution in [3.8, 4) is 39.1 Å². The van der Waals surface area contributed by atoms with Gasteiger partial charge in [0.05, 0.1) is 16.7 Å². The van der Waals surface area contributed by atoms with Gasteiger partial charge in [-0.05, 0) is 111 Å². The Bertz CT molecular complexity index is 3770. The summed E-state index contributed by atoms with van der Waals surface area (Å²) in [7, 11) is 0. The third-order valence-electron chi connectivity index (χ3n) is 13.8. The van der Waals surface area contributed by atoms with E-state index in [0.717, 1.165) is 55.8 Å².